The number of nitrogens with one attached hydrogen (secondary N) is 1. The number of carbonyl (C=O) groups excluding carboxylic acids is 2. The van der Waals surface area contributed by atoms with Gasteiger partial charge in [0.15, 0.2) is 18.1 Å². The number of pyridine rings is 4. The number of rotatable bonds is 11. The van der Waals surface area contributed by atoms with Crippen LogP contribution >= 0.6 is 97.1 Å². The van der Waals surface area contributed by atoms with E-state index in [1.165, 1.54) is 48.8 Å². The van der Waals surface area contributed by atoms with Gasteiger partial charge in [0.2, 0.25) is 0 Å². The zero-order valence-electron chi connectivity index (χ0n) is 53.0. The van der Waals surface area contributed by atoms with Crippen LogP contribution < -0.4 is 54.8 Å². The van der Waals surface area contributed by atoms with Crippen molar-refractivity contribution in [3.05, 3.63) is 284 Å². The van der Waals surface area contributed by atoms with E-state index in [0.29, 0.717) is 6.07 Å². The molecule has 4 N–H and O–H groups in total. The number of aromatic nitrogens is 4. The van der Waals surface area contributed by atoms with E-state index in [2.05, 4.69) is 41.2 Å². The van der Waals surface area contributed by atoms with Crippen molar-refractivity contribution < 1.29 is 140 Å². The number of anilines is 2. The van der Waals surface area contributed by atoms with Crippen LogP contribution in [0.2, 0.25) is 20.1 Å². The third-order valence-corrected chi connectivity index (χ3v) is 13.5. The Morgan fingerprint density at radius 1 is 0.491 bits per heavy atom. The summed E-state index contributed by atoms with van der Waals surface area (Å²) in [6, 6.07) is 27.2. The van der Waals surface area contributed by atoms with E-state index < -0.39 is 114 Å². The molecule has 10 aromatic rings. The molecule has 0 radical (unpaired) electrons. The Hall–Kier alpha value is -8.75. The molecule has 0 spiro atoms. The van der Waals surface area contributed by atoms with E-state index in [1.54, 1.807) is 6.07 Å². The molecule has 0 aliphatic heterocycles. The van der Waals surface area contributed by atoms with Crippen LogP contribution in [0.5, 0.6) is 40.2 Å². The number of ether oxygens (including phenoxy) is 3. The minimum Gasteiger partial charge on any atom is -1.00 e. The minimum absolute atomic E-state index is 0. The van der Waals surface area contributed by atoms with Crippen LogP contribution in [0.3, 0.4) is 0 Å². The number of benzene rings is 6. The van der Waals surface area contributed by atoms with E-state index in [1.807, 2.05) is 0 Å². The normalized spacial score (nSPS) is 10.5. The molecule has 0 fully saturated rings. The second-order valence-electron chi connectivity index (χ2n) is 18.9. The maximum atomic E-state index is 13.6. The fraction of sp³-hybridized carbons (Fsp3) is 0.108. The van der Waals surface area contributed by atoms with Crippen molar-refractivity contribution in [1.82, 2.24) is 19.9 Å². The van der Waals surface area contributed by atoms with Crippen molar-refractivity contribution in [1.29, 1.82) is 0 Å². The van der Waals surface area contributed by atoms with Gasteiger partial charge in [0.1, 0.15) is 80.5 Å². The van der Waals surface area contributed by atoms with Gasteiger partial charge < -0.3 is 52.0 Å². The Kier molecular flexibility index (Phi) is 40.2. The quantitative estimate of drug-likeness (QED) is 0.0272. The molecular formula is C65H45BrCl7F16N8NaO10. The molecule has 43 heteroatoms. The van der Waals surface area contributed by atoms with E-state index in [-0.39, 0.29) is 123 Å². The number of phenolic OH excluding ortho intramolecular Hbond substituents is 1. The third kappa shape index (κ3) is 32.2. The average Bonchev–Trinajstić information content (AvgIpc) is 0.815. The number of nitrogen functional groups attached to an aromatic ring is 1. The molecule has 0 aliphatic carbocycles. The molecule has 0 bridgehead atoms. The zero-order valence-corrected chi connectivity index (χ0v) is 60.9. The Labute approximate surface area is 666 Å². The fourth-order valence-electron chi connectivity index (χ4n) is 6.91. The first kappa shape index (κ1) is 97.3. The fourth-order valence-corrected chi connectivity index (χ4v) is 7.91. The maximum absolute atomic E-state index is 13.6. The van der Waals surface area contributed by atoms with E-state index in [4.69, 9.17) is 106 Å². The molecule has 108 heavy (non-hydrogen) atoms. The number of aromatic hydroxyl groups is 1. The molecule has 4 aromatic heterocycles. The number of halogens is 24. The molecule has 574 valence electrons. The maximum Gasteiger partial charge on any atom is 1.00 e. The van der Waals surface area contributed by atoms with Crippen LogP contribution in [0.15, 0.2) is 187 Å². The first-order valence-corrected chi connectivity index (χ1v) is 30.9. The van der Waals surface area contributed by atoms with Crippen molar-refractivity contribution >= 4 is 132 Å². The summed E-state index contributed by atoms with van der Waals surface area (Å²) >= 11 is 40.2. The van der Waals surface area contributed by atoms with Crippen LogP contribution in [0, 0.1) is 43.5 Å². The van der Waals surface area contributed by atoms with Gasteiger partial charge in [0.25, 0.3) is 11.1 Å². The van der Waals surface area contributed by atoms with Crippen molar-refractivity contribution in [2.75, 3.05) is 16.4 Å². The van der Waals surface area contributed by atoms with Crippen LogP contribution in [0.4, 0.5) is 93.5 Å². The van der Waals surface area contributed by atoms with Crippen LogP contribution in [0.1, 0.15) is 59.2 Å². The number of alkyl halides is 14. The van der Waals surface area contributed by atoms with Crippen LogP contribution in [0.25, 0.3) is 0 Å². The molecule has 4 heterocycles. The molecule has 0 aliphatic rings. The number of carbonyl (C=O) groups is 2. The van der Waals surface area contributed by atoms with Gasteiger partial charge in [-0.25, -0.2) is 27.5 Å². The molecule has 6 aromatic carbocycles. The Bertz CT molecular complexity index is 4590. The summed E-state index contributed by atoms with van der Waals surface area (Å²) in [6.07, 6.45) is -13.2. The number of nitrogens with two attached hydrogens (primary N) is 1. The predicted molar refractivity (Wildman–Crippen MR) is 372 cm³/mol. The smallest absolute Gasteiger partial charge is 1.00 e. The number of nitrogens with zero attached hydrogens (tertiary/aromatic N) is 6. The molecule has 18 nitrogen and oxygen atoms in total. The van der Waals surface area contributed by atoms with Gasteiger partial charge in [-0.15, -0.1) is 23.2 Å². The zero-order chi connectivity index (χ0) is 78.9. The van der Waals surface area contributed by atoms with E-state index in [0.717, 1.165) is 126 Å². The molecule has 1 amide bonds. The van der Waals surface area contributed by atoms with Gasteiger partial charge in [-0.3, -0.25) is 9.59 Å². The number of hydrogen-bond acceptors (Lipinski definition) is 15. The summed E-state index contributed by atoms with van der Waals surface area (Å²) in [7, 11) is 0. The van der Waals surface area contributed by atoms with Crippen molar-refractivity contribution in [2.24, 2.45) is 0 Å². The predicted octanol–water partition coefficient (Wildman–Crippen LogP) is 21.6. The van der Waals surface area contributed by atoms with Crippen LogP contribution in [-0.2, 0) is 24.7 Å². The van der Waals surface area contributed by atoms with Gasteiger partial charge in [0.05, 0.1) is 64.5 Å². The SMILES string of the molecule is C.C.ClCCl.Nc1ccc(Oc2cc(C(F)(F)F)ccc2Cl)cn1.O=C(Cl)c1c(F)cccc1F.O=C(Nc1ccc(Oc2cc(C(F)(F)F)ccc2Cl)cn1)c1c(F)cccc1F.O=[N+]([O-])c1ccc(Br)cn1.O=[N+]([O-])c1ccc(Oc2cc(C(F)(F)F)ccc2Cl)cn1.Oc1cc(C(F)(F)F)ccc1Cl.[H-].[Na+]. The average molecular weight is 1750 g/mol. The monoisotopic (exact) mass is 1750 g/mol. The third-order valence-electron chi connectivity index (χ3n) is 11.6. The van der Waals surface area contributed by atoms with Gasteiger partial charge in [-0.1, -0.05) is 73.4 Å². The molecule has 0 saturated heterocycles. The Morgan fingerprint density at radius 2 is 0.815 bits per heavy atom. The van der Waals surface area contributed by atoms with Crippen molar-refractivity contribution in [3.8, 4) is 40.2 Å². The van der Waals surface area contributed by atoms with Crippen LogP contribution in [-0.4, -0.2) is 51.4 Å². The second-order valence-corrected chi connectivity index (χ2v) is 22.6. The molecule has 10 rings (SSSR count). The molecular weight excluding hydrogens is 1710 g/mol. The first-order chi connectivity index (χ1) is 48.9. The van der Waals surface area contributed by atoms with Gasteiger partial charge >= 0.3 is 65.9 Å². The van der Waals surface area contributed by atoms with Crippen molar-refractivity contribution in [3.63, 3.8) is 0 Å². The summed E-state index contributed by atoms with van der Waals surface area (Å²) < 4.78 is 219. The van der Waals surface area contributed by atoms with E-state index >= 15 is 0 Å². The topological polar surface area (TPSA) is 258 Å². The number of phenols is 1. The number of nitro groups is 2. The summed E-state index contributed by atoms with van der Waals surface area (Å²) in [5.41, 5.74) is 0.303. The molecule has 0 saturated carbocycles. The standard InChI is InChI=1S/C19H10ClF5N2O2.C12H6ClF3N2O3.C12H8ClF3N2O.C7H4ClF3O.C7H3ClF2O.C5H3BrN2O2.CH2Cl2.2CH4.Na.H/c20-12-6-4-10(19(23,24)25)8-15(12)29-11-5-7-16(26-9-11)27-18(28)17-13(21)2-1-3-14(17)22;13-9-3-1-7(12(14,15)16)5-10(9)21-8-2-4-11(17-6-8)18(19)20;13-9-3-1-7(12(14,15)16)5-10(9)19-8-2-4-11(17)18-6-8;8-5-2-1-4(3-6(5)12)7(9,10)11;8-7(11)6-4(9)2-1-3-5(6)10;6-4-1-2-5(7-3-4)8(9)10;2-1-3;;;;/h1-9H,(H,26,27,28);1-6H;1-6H,(H2,17,18);1-3,12H;1-3H;1-3H;1H2;2*1H4;;/q;;;;;;;;;+1;-1. The van der Waals surface area contributed by atoms with Gasteiger partial charge in [-0.05, 0) is 181 Å². The molecule has 0 atom stereocenters. The first-order valence-electron chi connectivity index (χ1n) is 27.2. The second kappa shape index (κ2) is 44.7. The largest absolute Gasteiger partial charge is 1.00 e. The Balaban J connectivity index is 0.00000131. The summed E-state index contributed by atoms with van der Waals surface area (Å²) in [5.74, 6) is -6.15. The van der Waals surface area contributed by atoms with Gasteiger partial charge in [-0.2, -0.15) is 52.7 Å². The number of hydrogen-bond donors (Lipinski definition) is 3. The minimum atomic E-state index is -4.57. The number of amides is 1. The summed E-state index contributed by atoms with van der Waals surface area (Å²) in [4.78, 5) is 56.2. The summed E-state index contributed by atoms with van der Waals surface area (Å²) in [6.45, 7) is 0. The van der Waals surface area contributed by atoms with E-state index in [9.17, 15) is 100 Å². The molecule has 0 unspecified atom stereocenters. The van der Waals surface area contributed by atoms with Gasteiger partial charge in [0, 0.05) is 12.1 Å². The summed E-state index contributed by atoms with van der Waals surface area (Å²) in [5, 5.41) is 30.5. The Morgan fingerprint density at radius 3 is 1.10 bits per heavy atom. The van der Waals surface area contributed by atoms with Crippen molar-refractivity contribution in [2.45, 2.75) is 39.6 Å².